The second-order valence-corrected chi connectivity index (χ2v) is 16.9. The largest absolute Gasteiger partial charge is 0.462 e. The molecule has 6 rings (SSSR count). The second kappa shape index (κ2) is 9.83. The molecule has 226 valence electrons. The van der Waals surface area contributed by atoms with E-state index in [0.717, 1.165) is 50.5 Å². The van der Waals surface area contributed by atoms with Crippen LogP contribution in [0, 0.1) is 56.7 Å². The van der Waals surface area contributed by atoms with Gasteiger partial charge in [-0.05, 0) is 122 Å². The zero-order valence-corrected chi connectivity index (χ0v) is 26.9. The number of hydrogen-bond acceptors (Lipinski definition) is 4. The van der Waals surface area contributed by atoms with Gasteiger partial charge >= 0.3 is 5.97 Å². The van der Waals surface area contributed by atoms with Crippen molar-refractivity contribution >= 4 is 5.97 Å². The van der Waals surface area contributed by atoms with Crippen molar-refractivity contribution in [3.63, 3.8) is 0 Å². The van der Waals surface area contributed by atoms with Crippen molar-refractivity contribution in [1.29, 1.82) is 0 Å². The Balaban J connectivity index is 1.32. The monoisotopic (exact) mass is 553 g/mol. The molecule has 6 aliphatic rings. The quantitative estimate of drug-likeness (QED) is 0.262. The van der Waals surface area contributed by atoms with E-state index >= 15 is 0 Å². The summed E-state index contributed by atoms with van der Waals surface area (Å²) in [6, 6.07) is 0. The molecule has 5 aliphatic carbocycles. The van der Waals surface area contributed by atoms with Gasteiger partial charge in [0.25, 0.3) is 0 Å². The highest BCUT2D eigenvalue weighted by Gasteiger charge is 2.71. The van der Waals surface area contributed by atoms with Crippen molar-refractivity contribution < 1.29 is 14.3 Å². The fourth-order valence-electron chi connectivity index (χ4n) is 13.2. The van der Waals surface area contributed by atoms with Crippen molar-refractivity contribution in [1.82, 2.24) is 4.90 Å². The lowest BCUT2D eigenvalue weighted by molar-refractivity contribution is -0.250. The van der Waals surface area contributed by atoms with E-state index in [1.165, 1.54) is 69.9 Å². The Kier molecular flexibility index (Phi) is 7.18. The summed E-state index contributed by atoms with van der Waals surface area (Å²) in [7, 11) is 0. The van der Waals surface area contributed by atoms with Crippen LogP contribution < -0.4 is 0 Å². The Bertz CT molecular complexity index is 1020. The van der Waals surface area contributed by atoms with Gasteiger partial charge in [-0.15, -0.1) is 0 Å². The lowest BCUT2D eigenvalue weighted by Gasteiger charge is -2.73. The van der Waals surface area contributed by atoms with Crippen molar-refractivity contribution in [2.45, 2.75) is 119 Å². The Labute approximate surface area is 245 Å². The molecule has 0 spiro atoms. The van der Waals surface area contributed by atoms with Crippen LogP contribution in [0.15, 0.2) is 12.2 Å². The van der Waals surface area contributed by atoms with E-state index in [4.69, 9.17) is 9.47 Å². The summed E-state index contributed by atoms with van der Waals surface area (Å²) in [4.78, 5) is 14.8. The molecule has 0 N–H and O–H groups in total. The predicted octanol–water partition coefficient (Wildman–Crippen LogP) is 7.91. The van der Waals surface area contributed by atoms with Gasteiger partial charge in [0.1, 0.15) is 6.10 Å². The Morgan fingerprint density at radius 2 is 1.57 bits per heavy atom. The van der Waals surface area contributed by atoms with E-state index in [2.05, 4.69) is 53.0 Å². The van der Waals surface area contributed by atoms with E-state index in [1.54, 1.807) is 6.92 Å². The molecule has 0 aromatic rings. The number of carbonyl (C=O) groups excluding carboxylic acids is 1. The molecule has 0 amide bonds. The zero-order chi connectivity index (χ0) is 28.7. The van der Waals surface area contributed by atoms with Crippen molar-refractivity contribution in [2.75, 3.05) is 32.8 Å². The van der Waals surface area contributed by atoms with E-state index in [-0.39, 0.29) is 17.5 Å². The van der Waals surface area contributed by atoms with Crippen molar-refractivity contribution in [3.05, 3.63) is 12.2 Å². The van der Waals surface area contributed by atoms with Crippen molar-refractivity contribution in [3.8, 4) is 0 Å². The molecule has 1 heterocycles. The maximum absolute atomic E-state index is 12.0. The molecule has 4 heteroatoms. The third kappa shape index (κ3) is 4.07. The molecule has 0 radical (unpaired) electrons. The molecular formula is C36H59NO3. The number of carbonyl (C=O) groups is 1. The van der Waals surface area contributed by atoms with E-state index < -0.39 is 0 Å². The highest BCUT2D eigenvalue weighted by Crippen LogP contribution is 2.77. The fourth-order valence-corrected chi connectivity index (χ4v) is 13.2. The van der Waals surface area contributed by atoms with Crippen LogP contribution in [0.2, 0.25) is 0 Å². The summed E-state index contributed by atoms with van der Waals surface area (Å²) in [6.45, 7) is 26.8. The third-order valence-corrected chi connectivity index (χ3v) is 15.1. The molecule has 0 aromatic carbocycles. The average Bonchev–Trinajstić information content (AvgIpc) is 3.26. The first-order valence-electron chi connectivity index (χ1n) is 16.9. The molecular weight excluding hydrogens is 494 g/mol. The smallest absolute Gasteiger partial charge is 0.302 e. The van der Waals surface area contributed by atoms with Crippen LogP contribution in [0.1, 0.15) is 113 Å². The van der Waals surface area contributed by atoms with Crippen LogP contribution >= 0.6 is 0 Å². The fraction of sp³-hybridized carbons (Fsp3) is 0.917. The molecule has 4 unspecified atom stereocenters. The van der Waals surface area contributed by atoms with Gasteiger partial charge < -0.3 is 9.47 Å². The summed E-state index contributed by atoms with van der Waals surface area (Å²) in [5.74, 6) is 3.55. The van der Waals surface area contributed by atoms with Gasteiger partial charge in [-0.1, -0.05) is 46.8 Å². The van der Waals surface area contributed by atoms with Crippen LogP contribution in [-0.2, 0) is 14.3 Å². The van der Waals surface area contributed by atoms with E-state index in [1.807, 2.05) is 0 Å². The molecule has 1 saturated heterocycles. The standard InChI is InChI=1S/C36H59NO3/c1-24(2)26-11-16-36(23-37-19-21-39-22-20-37)18-17-34(7)27(31(26)36)9-10-29-33(6)14-13-30(40-25(3)38)32(4,5)28(33)12-15-35(29,34)8/h26-31H,1,9-23H2,2-8H3/t26-,27?,28?,29?,30-,31?,33-,34+,35+,36+/m0/s1. The summed E-state index contributed by atoms with van der Waals surface area (Å²) < 4.78 is 11.7. The normalized spacial score (nSPS) is 50.2. The first-order chi connectivity index (χ1) is 18.8. The van der Waals surface area contributed by atoms with E-state index in [9.17, 15) is 4.79 Å². The third-order valence-electron chi connectivity index (χ3n) is 15.1. The van der Waals surface area contributed by atoms with Crippen LogP contribution in [0.5, 0.6) is 0 Å². The number of morpholine rings is 1. The Hall–Kier alpha value is -0.870. The zero-order valence-electron chi connectivity index (χ0n) is 26.9. The van der Waals surface area contributed by atoms with Crippen molar-refractivity contribution in [2.24, 2.45) is 56.7 Å². The lowest BCUT2D eigenvalue weighted by Crippen LogP contribution is -2.67. The van der Waals surface area contributed by atoms with Gasteiger partial charge in [-0.3, -0.25) is 9.69 Å². The molecule has 40 heavy (non-hydrogen) atoms. The van der Waals surface area contributed by atoms with Gasteiger partial charge in [-0.2, -0.15) is 0 Å². The Morgan fingerprint density at radius 3 is 2.25 bits per heavy atom. The molecule has 0 bridgehead atoms. The van der Waals surface area contributed by atoms with Crippen LogP contribution in [0.25, 0.3) is 0 Å². The minimum Gasteiger partial charge on any atom is -0.462 e. The number of nitrogens with zero attached hydrogens (tertiary/aromatic N) is 1. The molecule has 10 atom stereocenters. The lowest BCUT2D eigenvalue weighted by atomic mass is 9.32. The molecule has 4 nitrogen and oxygen atoms in total. The van der Waals surface area contributed by atoms with Gasteiger partial charge in [0.05, 0.1) is 13.2 Å². The summed E-state index contributed by atoms with van der Waals surface area (Å²) in [5, 5.41) is 0. The van der Waals surface area contributed by atoms with Crippen LogP contribution in [0.4, 0.5) is 0 Å². The van der Waals surface area contributed by atoms with Gasteiger partial charge in [-0.25, -0.2) is 0 Å². The maximum atomic E-state index is 12.0. The molecule has 6 fully saturated rings. The number of esters is 1. The molecule has 5 saturated carbocycles. The van der Waals surface area contributed by atoms with Gasteiger partial charge in [0.15, 0.2) is 0 Å². The van der Waals surface area contributed by atoms with Crippen LogP contribution in [0.3, 0.4) is 0 Å². The van der Waals surface area contributed by atoms with Gasteiger partial charge in [0.2, 0.25) is 0 Å². The number of rotatable bonds is 4. The molecule has 1 aliphatic heterocycles. The van der Waals surface area contributed by atoms with E-state index in [0.29, 0.717) is 33.5 Å². The summed E-state index contributed by atoms with van der Waals surface area (Å²) in [6.07, 6.45) is 13.2. The highest BCUT2D eigenvalue weighted by atomic mass is 16.5. The topological polar surface area (TPSA) is 38.8 Å². The first kappa shape index (κ1) is 29.2. The van der Waals surface area contributed by atoms with Gasteiger partial charge in [0, 0.05) is 32.0 Å². The summed E-state index contributed by atoms with van der Waals surface area (Å²) in [5.41, 5.74) is 3.03. The number of hydrogen-bond donors (Lipinski definition) is 0. The highest BCUT2D eigenvalue weighted by molar-refractivity contribution is 5.66. The van der Waals surface area contributed by atoms with Crippen LogP contribution in [-0.4, -0.2) is 49.8 Å². The maximum Gasteiger partial charge on any atom is 0.302 e. The number of ether oxygens (including phenoxy) is 2. The SMILES string of the molecule is C=C(C)[C@@H]1CC[C@]2(CN3CCOCC3)CC[C@]3(C)C(CCC4[C@@]5(C)CC[C@H](OC(C)=O)C(C)(C)C5CC[C@]43C)C12. The minimum atomic E-state index is -0.109. The number of allylic oxidation sites excluding steroid dienone is 1. The minimum absolute atomic E-state index is 0.0358. The summed E-state index contributed by atoms with van der Waals surface area (Å²) >= 11 is 0. The molecule has 0 aromatic heterocycles. The second-order valence-electron chi connectivity index (χ2n) is 16.9. The first-order valence-corrected chi connectivity index (χ1v) is 16.9. The Morgan fingerprint density at radius 1 is 0.850 bits per heavy atom. The number of fused-ring (bicyclic) bond motifs is 7. The average molecular weight is 554 g/mol. The predicted molar refractivity (Wildman–Crippen MR) is 162 cm³/mol.